The number of fused-ring (bicyclic) bond motifs is 3. The van der Waals surface area contributed by atoms with Crippen LogP contribution >= 0.6 is 0 Å². The number of Topliss-reactive ketones (excluding diaryl/α,β-unsaturated/α-hetero) is 1. The number of ether oxygens (including phenoxy) is 4. The Morgan fingerprint density at radius 2 is 1.92 bits per heavy atom. The molecule has 3 heterocycles. The maximum atomic E-state index is 13.5. The molecule has 3 aliphatic heterocycles. The predicted molar refractivity (Wildman–Crippen MR) is 180 cm³/mol. The first-order valence-corrected chi connectivity index (χ1v) is 17.2. The van der Waals surface area contributed by atoms with Gasteiger partial charge in [0.25, 0.3) is 0 Å². The topological polar surface area (TPSA) is 181 Å². The summed E-state index contributed by atoms with van der Waals surface area (Å²) in [7, 11) is 0. The van der Waals surface area contributed by atoms with Crippen LogP contribution in [0, 0.1) is 0 Å². The van der Waals surface area contributed by atoms with Crippen LogP contribution in [0.2, 0.25) is 0 Å². The van der Waals surface area contributed by atoms with E-state index in [1.165, 1.54) is 0 Å². The SMILES string of the molecule is CCOC(=O)C1=C(C=O)/C(=C2\CCC(=O)[C@H](c3ccc4c(c3)=CCN=4)C2)c2c(OCCCO)c3c(c(CO)c2O1)O[C@H]([C@](C)(O)CCCO)C3. The number of carbonyl (C=O) groups excluding carboxylic acids is 3. The number of ketones is 1. The van der Waals surface area contributed by atoms with E-state index in [2.05, 4.69) is 4.99 Å². The summed E-state index contributed by atoms with van der Waals surface area (Å²) in [6.07, 6.45) is 3.47. The Morgan fingerprint density at radius 3 is 2.64 bits per heavy atom. The van der Waals surface area contributed by atoms with Crippen LogP contribution in [-0.2, 0) is 32.1 Å². The van der Waals surface area contributed by atoms with Gasteiger partial charge in [-0.15, -0.1) is 0 Å². The number of nitrogens with zero attached hydrogens (tertiary/aromatic N) is 1. The number of hydrogen-bond acceptors (Lipinski definition) is 12. The van der Waals surface area contributed by atoms with Gasteiger partial charge in [0.1, 0.15) is 29.1 Å². The largest absolute Gasteiger partial charge is 0.492 e. The fourth-order valence-corrected chi connectivity index (χ4v) is 7.33. The van der Waals surface area contributed by atoms with Gasteiger partial charge in [0, 0.05) is 49.5 Å². The van der Waals surface area contributed by atoms with Crippen molar-refractivity contribution in [2.24, 2.45) is 4.99 Å². The van der Waals surface area contributed by atoms with Crippen molar-refractivity contribution in [1.29, 1.82) is 0 Å². The summed E-state index contributed by atoms with van der Waals surface area (Å²) in [4.78, 5) is 44.4. The molecule has 0 amide bonds. The molecule has 0 bridgehead atoms. The van der Waals surface area contributed by atoms with Crippen LogP contribution in [0.15, 0.2) is 40.1 Å². The molecule has 1 fully saturated rings. The number of rotatable bonds is 13. The minimum absolute atomic E-state index is 0.00901. The lowest BCUT2D eigenvalue weighted by atomic mass is 9.75. The molecule has 3 atom stereocenters. The van der Waals surface area contributed by atoms with Gasteiger partial charge in [-0.2, -0.15) is 0 Å². The highest BCUT2D eigenvalue weighted by Gasteiger charge is 2.46. The quantitative estimate of drug-likeness (QED) is 0.137. The standard InChI is InChI=1S/C38H43NO11/c1-3-47-37(45)36-26(19-42)31(23-7-9-29(44)24(17-23)21-6-8-28-22(16-21)10-12-39-28)32-34(48-15-5-14-41)25-18-30(38(2,46)11-4-13-40)49-33(25)27(20-43)35(32)50-36/h6,8,10,16,19,24,30,40-41,43,46H,3-5,7,9,11-15,17-18,20H2,1-2H3/b31-23-/t24-,30-,38+/m0/s1. The van der Waals surface area contributed by atoms with Crippen molar-refractivity contribution in [3.05, 3.63) is 67.9 Å². The van der Waals surface area contributed by atoms with Gasteiger partial charge in [-0.3, -0.25) is 14.6 Å². The minimum Gasteiger partial charge on any atom is -0.492 e. The smallest absolute Gasteiger partial charge is 0.375 e. The van der Waals surface area contributed by atoms with Crippen LogP contribution in [0.4, 0.5) is 0 Å². The second-order valence-electron chi connectivity index (χ2n) is 13.1. The van der Waals surface area contributed by atoms with E-state index in [4.69, 9.17) is 18.9 Å². The van der Waals surface area contributed by atoms with Crippen LogP contribution < -0.4 is 24.8 Å². The van der Waals surface area contributed by atoms with Gasteiger partial charge in [-0.05, 0) is 62.4 Å². The molecule has 12 heteroatoms. The number of aldehydes is 1. The van der Waals surface area contributed by atoms with Gasteiger partial charge < -0.3 is 39.4 Å². The van der Waals surface area contributed by atoms with Gasteiger partial charge in [0.05, 0.1) is 54.0 Å². The Kier molecular flexibility index (Phi) is 10.5. The molecule has 1 aliphatic carbocycles. The van der Waals surface area contributed by atoms with E-state index in [0.717, 1.165) is 21.7 Å². The van der Waals surface area contributed by atoms with Crippen molar-refractivity contribution in [3.63, 3.8) is 0 Å². The number of carbonyl (C=O) groups is 3. The number of allylic oxidation sites excluding steroid dienone is 3. The lowest BCUT2D eigenvalue weighted by Gasteiger charge is -2.32. The molecule has 2 aromatic rings. The fraction of sp³-hybridized carbons (Fsp3) is 0.474. The van der Waals surface area contributed by atoms with Crippen LogP contribution in [0.25, 0.3) is 11.6 Å². The Balaban J connectivity index is 1.59. The normalized spacial score (nSPS) is 21.9. The summed E-state index contributed by atoms with van der Waals surface area (Å²) >= 11 is 0. The molecular weight excluding hydrogens is 646 g/mol. The monoisotopic (exact) mass is 689 g/mol. The molecular formula is C38H43NO11. The lowest BCUT2D eigenvalue weighted by Crippen LogP contribution is -2.42. The molecule has 0 unspecified atom stereocenters. The Hall–Kier alpha value is -4.36. The summed E-state index contributed by atoms with van der Waals surface area (Å²) in [5.74, 6) is -1.19. The highest BCUT2D eigenvalue weighted by molar-refractivity contribution is 6.11. The van der Waals surface area contributed by atoms with Gasteiger partial charge in [-0.25, -0.2) is 4.79 Å². The van der Waals surface area contributed by atoms with E-state index in [-0.39, 0.29) is 98.5 Å². The minimum atomic E-state index is -1.38. The Bertz CT molecular complexity index is 1890. The van der Waals surface area contributed by atoms with E-state index in [1.807, 2.05) is 24.3 Å². The molecule has 2 aromatic carbocycles. The molecule has 4 N–H and O–H groups in total. The number of aliphatic hydroxyl groups excluding tert-OH is 3. The Morgan fingerprint density at radius 1 is 1.12 bits per heavy atom. The summed E-state index contributed by atoms with van der Waals surface area (Å²) < 4.78 is 24.2. The third-order valence-electron chi connectivity index (χ3n) is 9.88. The number of hydrogen-bond donors (Lipinski definition) is 4. The van der Waals surface area contributed by atoms with Crippen LogP contribution in [-0.4, -0.2) is 83.1 Å². The van der Waals surface area contributed by atoms with E-state index >= 15 is 0 Å². The van der Waals surface area contributed by atoms with Crippen LogP contribution in [0.1, 0.15) is 80.5 Å². The van der Waals surface area contributed by atoms with Crippen molar-refractivity contribution in [2.75, 3.05) is 33.0 Å². The molecule has 6 rings (SSSR count). The summed E-state index contributed by atoms with van der Waals surface area (Å²) in [5, 5.41) is 43.1. The summed E-state index contributed by atoms with van der Waals surface area (Å²) in [6, 6.07) is 5.77. The van der Waals surface area contributed by atoms with Gasteiger partial charge >= 0.3 is 5.97 Å². The van der Waals surface area contributed by atoms with E-state index in [1.54, 1.807) is 13.8 Å². The fourth-order valence-electron chi connectivity index (χ4n) is 7.33. The molecule has 12 nitrogen and oxygen atoms in total. The average Bonchev–Trinajstić information content (AvgIpc) is 3.78. The first-order valence-electron chi connectivity index (χ1n) is 17.2. The third-order valence-corrected chi connectivity index (χ3v) is 9.88. The molecule has 0 aromatic heterocycles. The van der Waals surface area contributed by atoms with Crippen molar-refractivity contribution < 1.29 is 53.8 Å². The molecule has 50 heavy (non-hydrogen) atoms. The van der Waals surface area contributed by atoms with Gasteiger partial charge in [0.15, 0.2) is 6.29 Å². The zero-order valence-electron chi connectivity index (χ0n) is 28.3. The maximum absolute atomic E-state index is 13.5. The second-order valence-corrected chi connectivity index (χ2v) is 13.1. The first kappa shape index (κ1) is 35.5. The molecule has 4 aliphatic rings. The number of esters is 1. The van der Waals surface area contributed by atoms with E-state index in [0.29, 0.717) is 42.4 Å². The van der Waals surface area contributed by atoms with Gasteiger partial charge in [-0.1, -0.05) is 17.7 Å². The zero-order chi connectivity index (χ0) is 35.6. The molecule has 0 spiro atoms. The summed E-state index contributed by atoms with van der Waals surface area (Å²) in [6.45, 7) is 3.05. The number of benzene rings is 2. The predicted octanol–water partition coefficient (Wildman–Crippen LogP) is 1.88. The van der Waals surface area contributed by atoms with Crippen LogP contribution in [0.3, 0.4) is 0 Å². The maximum Gasteiger partial charge on any atom is 0.375 e. The van der Waals surface area contributed by atoms with Gasteiger partial charge in [0.2, 0.25) is 5.76 Å². The first-order chi connectivity index (χ1) is 24.2. The van der Waals surface area contributed by atoms with Crippen molar-refractivity contribution in [3.8, 4) is 17.2 Å². The molecule has 0 saturated heterocycles. The highest BCUT2D eigenvalue weighted by atomic mass is 16.6. The third kappa shape index (κ3) is 6.48. The lowest BCUT2D eigenvalue weighted by molar-refractivity contribution is -0.141. The van der Waals surface area contributed by atoms with E-state index < -0.39 is 30.2 Å². The van der Waals surface area contributed by atoms with Crippen molar-refractivity contribution >= 4 is 29.7 Å². The molecule has 1 saturated carbocycles. The second kappa shape index (κ2) is 14.9. The van der Waals surface area contributed by atoms with Crippen LogP contribution in [0.5, 0.6) is 17.2 Å². The van der Waals surface area contributed by atoms with E-state index in [9.17, 15) is 34.8 Å². The Labute approximate surface area is 289 Å². The number of aliphatic hydroxyl groups is 4. The summed E-state index contributed by atoms with van der Waals surface area (Å²) in [5.41, 5.74) is 1.49. The van der Waals surface area contributed by atoms with Crippen molar-refractivity contribution in [1.82, 2.24) is 0 Å². The molecule has 266 valence electrons. The average molecular weight is 690 g/mol. The van der Waals surface area contributed by atoms with Crippen molar-refractivity contribution in [2.45, 2.75) is 83.0 Å². The highest BCUT2D eigenvalue weighted by Crippen LogP contribution is 2.56. The molecule has 0 radical (unpaired) electrons. The zero-order valence-corrected chi connectivity index (χ0v) is 28.3.